The number of fused-ring (bicyclic) bond motifs is 3. The van der Waals surface area contributed by atoms with Gasteiger partial charge < -0.3 is 0 Å². The van der Waals surface area contributed by atoms with E-state index in [1.807, 2.05) is 0 Å². The van der Waals surface area contributed by atoms with Gasteiger partial charge in [-0.15, -0.1) is 0 Å². The van der Waals surface area contributed by atoms with Crippen LogP contribution >= 0.6 is 0 Å². The van der Waals surface area contributed by atoms with Gasteiger partial charge >= 0.3 is 0 Å². The summed E-state index contributed by atoms with van der Waals surface area (Å²) < 4.78 is 0. The van der Waals surface area contributed by atoms with Crippen molar-refractivity contribution in [1.82, 2.24) is 4.98 Å². The van der Waals surface area contributed by atoms with E-state index in [1.165, 1.54) is 69.0 Å². The largest absolute Gasteiger partial charge is 0.256 e. The second-order valence-electron chi connectivity index (χ2n) is 14.8. The van der Waals surface area contributed by atoms with Gasteiger partial charge in [-0.25, -0.2) is 0 Å². The number of aromatic nitrogens is 1. The lowest BCUT2D eigenvalue weighted by molar-refractivity contribution is -0.220. The van der Waals surface area contributed by atoms with Crippen LogP contribution in [0.4, 0.5) is 0 Å². The molecule has 1 nitrogen and oxygen atoms in total. The van der Waals surface area contributed by atoms with Gasteiger partial charge in [-0.3, -0.25) is 4.98 Å². The number of hydrogen-bond acceptors (Lipinski definition) is 1. The third-order valence-electron chi connectivity index (χ3n) is 13.4. The van der Waals surface area contributed by atoms with Gasteiger partial charge in [0.2, 0.25) is 0 Å². The molecular formula is C41H35N. The van der Waals surface area contributed by atoms with Crippen LogP contribution in [0.3, 0.4) is 0 Å². The predicted octanol–water partition coefficient (Wildman–Crippen LogP) is 10.2. The Morgan fingerprint density at radius 3 is 1.93 bits per heavy atom. The van der Waals surface area contributed by atoms with Crippen LogP contribution in [0.5, 0.6) is 0 Å². The molecule has 0 aliphatic heterocycles. The number of benzene rings is 4. The summed E-state index contributed by atoms with van der Waals surface area (Å²) in [5.41, 5.74) is 12.3. The maximum Gasteiger partial charge on any atom is 0.0708 e. The summed E-state index contributed by atoms with van der Waals surface area (Å²) in [7, 11) is 0. The van der Waals surface area contributed by atoms with Crippen molar-refractivity contribution in [2.75, 3.05) is 0 Å². The summed E-state index contributed by atoms with van der Waals surface area (Å²) >= 11 is 0. The Labute approximate surface area is 248 Å². The maximum atomic E-state index is 5.04. The molecule has 0 amide bonds. The summed E-state index contributed by atoms with van der Waals surface area (Å²) in [6.07, 6.45) is 11.3. The zero-order chi connectivity index (χ0) is 27.2. The van der Waals surface area contributed by atoms with Gasteiger partial charge in [-0.2, -0.15) is 0 Å². The van der Waals surface area contributed by atoms with Gasteiger partial charge in [0.25, 0.3) is 0 Å². The first-order valence-electron chi connectivity index (χ1n) is 16.5. The average molecular weight is 542 g/mol. The predicted molar refractivity (Wildman–Crippen MR) is 171 cm³/mol. The van der Waals surface area contributed by atoms with Crippen molar-refractivity contribution in [1.29, 1.82) is 0 Å². The smallest absolute Gasteiger partial charge is 0.0708 e. The first-order chi connectivity index (χ1) is 20.8. The molecule has 7 fully saturated rings. The summed E-state index contributed by atoms with van der Waals surface area (Å²) in [4.78, 5) is 5.04. The molecule has 4 aromatic carbocycles. The molecule has 0 spiro atoms. The topological polar surface area (TPSA) is 12.9 Å². The number of hydrogen-bond donors (Lipinski definition) is 0. The molecule has 0 saturated heterocycles. The van der Waals surface area contributed by atoms with Crippen molar-refractivity contribution >= 4 is 10.8 Å². The van der Waals surface area contributed by atoms with E-state index in [1.54, 1.807) is 24.8 Å². The first-order valence-corrected chi connectivity index (χ1v) is 16.5. The van der Waals surface area contributed by atoms with Crippen LogP contribution in [0.15, 0.2) is 97.2 Å². The first kappa shape index (κ1) is 22.8. The number of pyridine rings is 1. The fraction of sp³-hybridized carbons (Fsp3) is 0.341. The van der Waals surface area contributed by atoms with E-state index >= 15 is 0 Å². The van der Waals surface area contributed by atoms with Crippen LogP contribution < -0.4 is 0 Å². The quantitative estimate of drug-likeness (QED) is 0.217. The highest BCUT2D eigenvalue weighted by Crippen LogP contribution is 2.76. The van der Waals surface area contributed by atoms with Crippen molar-refractivity contribution < 1.29 is 0 Å². The molecule has 0 N–H and O–H groups in total. The van der Waals surface area contributed by atoms with Crippen LogP contribution in [0.2, 0.25) is 0 Å². The minimum atomic E-state index is 0.486. The van der Waals surface area contributed by atoms with Crippen molar-refractivity contribution in [3.63, 3.8) is 0 Å². The van der Waals surface area contributed by atoms with Crippen LogP contribution in [0, 0.1) is 41.4 Å². The fourth-order valence-electron chi connectivity index (χ4n) is 12.2. The molecule has 7 saturated carbocycles. The van der Waals surface area contributed by atoms with E-state index in [2.05, 4.69) is 97.2 Å². The van der Waals surface area contributed by atoms with Crippen molar-refractivity contribution in [3.05, 3.63) is 103 Å². The standard InChI is InChI=1S/C41H35N/c1-2-5-29-28(4-1)31-6-3-7-32-30(13-14-33(29)40(31)32)39-15-10-26(22-42-39)25-8-11-27(12-9-25)41-21-24-17-35-34-16-23(19-37(35)41)20-38(41)36(34)18-24/h1-15,22-24,34-38H,16-21H2. The Balaban J connectivity index is 0.941. The van der Waals surface area contributed by atoms with Crippen LogP contribution in [0.25, 0.3) is 55.4 Å². The van der Waals surface area contributed by atoms with Gasteiger partial charge in [0.05, 0.1) is 5.69 Å². The SMILES string of the molecule is c1ccc2c(c1)-c1cccc3c(-c4ccc(-c5ccc(C67CC8CC9C%10CC(CC96)CC7C%10C8)cc5)cn4)ccc-2c13. The van der Waals surface area contributed by atoms with Crippen LogP contribution in [-0.2, 0) is 5.41 Å². The van der Waals surface area contributed by atoms with Crippen molar-refractivity contribution in [3.8, 4) is 44.6 Å². The number of nitrogens with zero attached hydrogens (tertiary/aromatic N) is 1. The van der Waals surface area contributed by atoms with Gasteiger partial charge in [-0.1, -0.05) is 84.9 Å². The van der Waals surface area contributed by atoms with E-state index in [9.17, 15) is 0 Å². The Bertz CT molecular complexity index is 1880. The highest BCUT2D eigenvalue weighted by atomic mass is 14.7. The molecule has 0 radical (unpaired) electrons. The lowest BCUT2D eigenvalue weighted by Crippen LogP contribution is -2.69. The lowest BCUT2D eigenvalue weighted by Gasteiger charge is -2.74. The second kappa shape index (κ2) is 7.81. The fourth-order valence-corrected chi connectivity index (χ4v) is 12.2. The third kappa shape index (κ3) is 2.70. The van der Waals surface area contributed by atoms with E-state index < -0.39 is 0 Å². The van der Waals surface area contributed by atoms with Gasteiger partial charge in [0.1, 0.15) is 0 Å². The molecule has 13 rings (SSSR count). The summed E-state index contributed by atoms with van der Waals surface area (Å²) in [6, 6.07) is 34.5. The molecule has 8 bridgehead atoms. The van der Waals surface area contributed by atoms with Gasteiger partial charge in [-0.05, 0) is 130 Å². The van der Waals surface area contributed by atoms with Crippen LogP contribution in [-0.4, -0.2) is 4.98 Å². The minimum Gasteiger partial charge on any atom is -0.256 e. The Hall–Kier alpha value is -3.71. The van der Waals surface area contributed by atoms with E-state index in [-0.39, 0.29) is 0 Å². The summed E-state index contributed by atoms with van der Waals surface area (Å²) in [6.45, 7) is 0. The van der Waals surface area contributed by atoms with Gasteiger partial charge in [0.15, 0.2) is 0 Å². The van der Waals surface area contributed by atoms with Crippen molar-refractivity contribution in [2.24, 2.45) is 41.4 Å². The zero-order valence-corrected chi connectivity index (χ0v) is 24.0. The molecule has 4 atom stereocenters. The Morgan fingerprint density at radius 1 is 0.524 bits per heavy atom. The molecular weight excluding hydrogens is 506 g/mol. The minimum absolute atomic E-state index is 0.486. The third-order valence-corrected chi connectivity index (χ3v) is 13.4. The zero-order valence-electron chi connectivity index (χ0n) is 24.0. The molecule has 42 heavy (non-hydrogen) atoms. The summed E-state index contributed by atoms with van der Waals surface area (Å²) in [5.74, 6) is 7.11. The molecule has 1 heterocycles. The monoisotopic (exact) mass is 541 g/mol. The van der Waals surface area contributed by atoms with Gasteiger partial charge in [0, 0.05) is 22.7 Å². The molecule has 8 aliphatic carbocycles. The molecule has 204 valence electrons. The van der Waals surface area contributed by atoms with E-state index in [0.717, 1.165) is 47.1 Å². The second-order valence-corrected chi connectivity index (χ2v) is 14.8. The molecule has 1 heteroatoms. The van der Waals surface area contributed by atoms with Crippen molar-refractivity contribution in [2.45, 2.75) is 43.9 Å². The maximum absolute atomic E-state index is 5.04. The normalized spacial score (nSPS) is 34.0. The summed E-state index contributed by atoms with van der Waals surface area (Å²) in [5, 5.41) is 2.66. The average Bonchev–Trinajstić information content (AvgIpc) is 3.38. The molecule has 8 aliphatic rings. The highest BCUT2D eigenvalue weighted by Gasteiger charge is 2.70. The molecule has 5 aromatic rings. The van der Waals surface area contributed by atoms with E-state index in [0.29, 0.717) is 5.41 Å². The number of rotatable bonds is 3. The highest BCUT2D eigenvalue weighted by molar-refractivity contribution is 6.18. The Kier molecular flexibility index (Phi) is 4.25. The van der Waals surface area contributed by atoms with Crippen LogP contribution in [0.1, 0.15) is 44.1 Å². The van der Waals surface area contributed by atoms with E-state index in [4.69, 9.17) is 4.98 Å². The molecule has 1 aromatic heterocycles. The molecule has 4 unspecified atom stereocenters. The lowest BCUT2D eigenvalue weighted by atomic mass is 9.30. The Morgan fingerprint density at radius 2 is 1.19 bits per heavy atom.